The summed E-state index contributed by atoms with van der Waals surface area (Å²) in [6.45, 7) is 11.9. The average molecular weight is 350 g/mol. The van der Waals surface area contributed by atoms with Crippen LogP contribution in [-0.2, 0) is 19.1 Å². The minimum Gasteiger partial charge on any atom is -0.458 e. The van der Waals surface area contributed by atoms with Crippen LogP contribution in [0.5, 0.6) is 0 Å². The van der Waals surface area contributed by atoms with Crippen LogP contribution in [0.3, 0.4) is 0 Å². The number of hydrogen-bond donors (Lipinski definition) is 1. The van der Waals surface area contributed by atoms with Crippen molar-refractivity contribution in [3.05, 3.63) is 23.3 Å². The first-order valence-corrected chi connectivity index (χ1v) is 9.22. The zero-order chi connectivity index (χ0) is 18.7. The molecule has 0 saturated carbocycles. The summed E-state index contributed by atoms with van der Waals surface area (Å²) >= 11 is 0. The van der Waals surface area contributed by atoms with Crippen LogP contribution in [0.2, 0.25) is 0 Å². The van der Waals surface area contributed by atoms with E-state index < -0.39 is 12.1 Å². The molecule has 1 aliphatic heterocycles. The van der Waals surface area contributed by atoms with Gasteiger partial charge in [0, 0.05) is 18.6 Å². The smallest absolute Gasteiger partial charge is 0.334 e. The second-order valence-corrected chi connectivity index (χ2v) is 7.37. The molecule has 0 spiro atoms. The molecule has 5 nitrogen and oxygen atoms in total. The third kappa shape index (κ3) is 3.97. The first-order valence-electron chi connectivity index (χ1n) is 9.22. The van der Waals surface area contributed by atoms with E-state index in [-0.39, 0.29) is 36.4 Å². The Morgan fingerprint density at radius 2 is 2.12 bits per heavy atom. The summed E-state index contributed by atoms with van der Waals surface area (Å²) in [7, 11) is 0. The summed E-state index contributed by atoms with van der Waals surface area (Å²) in [6.07, 6.45) is 2.03. The van der Waals surface area contributed by atoms with Gasteiger partial charge >= 0.3 is 11.9 Å². The molecule has 0 aromatic heterocycles. The Balaban J connectivity index is 2.35. The van der Waals surface area contributed by atoms with Gasteiger partial charge in [0.25, 0.3) is 0 Å². The second kappa shape index (κ2) is 8.17. The Kier molecular flexibility index (Phi) is 6.44. The maximum absolute atomic E-state index is 12.5. The van der Waals surface area contributed by atoms with E-state index in [2.05, 4.69) is 13.5 Å². The van der Waals surface area contributed by atoms with Crippen molar-refractivity contribution in [1.29, 1.82) is 0 Å². The van der Waals surface area contributed by atoms with Crippen molar-refractivity contribution in [2.45, 2.75) is 65.6 Å². The van der Waals surface area contributed by atoms with Crippen LogP contribution in [0.4, 0.5) is 0 Å². The SMILES string of the molecule is C=C1C(=O)O[C@@H]2CC(C)=C([C@@H](C)CCCO)[C@H](OC(=O)C(C)CC)[C@H]12. The molecule has 2 rings (SSSR count). The van der Waals surface area contributed by atoms with Gasteiger partial charge in [0.1, 0.15) is 12.2 Å². The van der Waals surface area contributed by atoms with Gasteiger partial charge < -0.3 is 14.6 Å². The first-order chi connectivity index (χ1) is 11.8. The Labute approximate surface area is 150 Å². The van der Waals surface area contributed by atoms with E-state index in [1.807, 2.05) is 20.8 Å². The van der Waals surface area contributed by atoms with Crippen molar-refractivity contribution in [1.82, 2.24) is 0 Å². The van der Waals surface area contributed by atoms with Crippen LogP contribution in [0, 0.1) is 17.8 Å². The molecule has 1 fully saturated rings. The lowest BCUT2D eigenvalue weighted by molar-refractivity contribution is -0.155. The fourth-order valence-corrected chi connectivity index (χ4v) is 3.85. The Hall–Kier alpha value is -1.62. The third-order valence-corrected chi connectivity index (χ3v) is 5.54. The maximum atomic E-state index is 12.5. The lowest BCUT2D eigenvalue weighted by Crippen LogP contribution is -2.41. The molecule has 1 unspecified atom stereocenters. The number of carbonyl (C=O) groups excluding carboxylic acids is 2. The zero-order valence-corrected chi connectivity index (χ0v) is 15.7. The zero-order valence-electron chi connectivity index (χ0n) is 15.7. The number of carbonyl (C=O) groups is 2. The van der Waals surface area contributed by atoms with Crippen LogP contribution in [0.1, 0.15) is 53.4 Å². The normalized spacial score (nSPS) is 28.4. The van der Waals surface area contributed by atoms with Gasteiger partial charge in [0.2, 0.25) is 0 Å². The summed E-state index contributed by atoms with van der Waals surface area (Å²) in [4.78, 5) is 24.5. The number of esters is 2. The van der Waals surface area contributed by atoms with Crippen LogP contribution in [-0.4, -0.2) is 35.9 Å². The molecule has 0 bridgehead atoms. The van der Waals surface area contributed by atoms with Crippen molar-refractivity contribution in [2.75, 3.05) is 6.61 Å². The number of rotatable bonds is 7. The van der Waals surface area contributed by atoms with E-state index in [1.165, 1.54) is 0 Å². The van der Waals surface area contributed by atoms with Gasteiger partial charge in [-0.1, -0.05) is 32.9 Å². The lowest BCUT2D eigenvalue weighted by atomic mass is 9.73. The molecular weight excluding hydrogens is 320 g/mol. The third-order valence-electron chi connectivity index (χ3n) is 5.54. The molecule has 1 saturated heterocycles. The van der Waals surface area contributed by atoms with Gasteiger partial charge in [-0.2, -0.15) is 0 Å². The van der Waals surface area contributed by atoms with Gasteiger partial charge in [-0.25, -0.2) is 4.79 Å². The topological polar surface area (TPSA) is 72.8 Å². The van der Waals surface area contributed by atoms with Crippen molar-refractivity contribution >= 4 is 11.9 Å². The number of aliphatic hydroxyl groups is 1. The molecule has 1 heterocycles. The van der Waals surface area contributed by atoms with Gasteiger partial charge in [0.05, 0.1) is 11.8 Å². The van der Waals surface area contributed by atoms with Crippen molar-refractivity contribution in [2.24, 2.45) is 17.8 Å². The van der Waals surface area contributed by atoms with Gasteiger partial charge in [0.15, 0.2) is 0 Å². The lowest BCUT2D eigenvalue weighted by Gasteiger charge is -2.38. The van der Waals surface area contributed by atoms with Crippen molar-refractivity contribution < 1.29 is 24.2 Å². The summed E-state index contributed by atoms with van der Waals surface area (Å²) in [5, 5.41) is 9.14. The van der Waals surface area contributed by atoms with E-state index in [9.17, 15) is 9.59 Å². The molecule has 0 amide bonds. The van der Waals surface area contributed by atoms with Crippen LogP contribution < -0.4 is 0 Å². The fourth-order valence-electron chi connectivity index (χ4n) is 3.85. The van der Waals surface area contributed by atoms with Crippen LogP contribution in [0.25, 0.3) is 0 Å². The van der Waals surface area contributed by atoms with Gasteiger partial charge in [-0.3, -0.25) is 4.79 Å². The molecule has 25 heavy (non-hydrogen) atoms. The largest absolute Gasteiger partial charge is 0.458 e. The summed E-state index contributed by atoms with van der Waals surface area (Å²) < 4.78 is 11.4. The quantitative estimate of drug-likeness (QED) is 0.434. The van der Waals surface area contributed by atoms with Gasteiger partial charge in [-0.15, -0.1) is 0 Å². The molecule has 140 valence electrons. The minimum absolute atomic E-state index is 0.133. The Morgan fingerprint density at radius 1 is 1.44 bits per heavy atom. The number of ether oxygens (including phenoxy) is 2. The summed E-state index contributed by atoms with van der Waals surface area (Å²) in [6, 6.07) is 0. The number of fused-ring (bicyclic) bond motifs is 1. The highest BCUT2D eigenvalue weighted by Crippen LogP contribution is 2.45. The molecule has 2 aliphatic rings. The average Bonchev–Trinajstić information content (AvgIpc) is 2.85. The molecule has 0 aromatic carbocycles. The van der Waals surface area contributed by atoms with Crippen molar-refractivity contribution in [3.8, 4) is 0 Å². The highest BCUT2D eigenvalue weighted by Gasteiger charge is 2.50. The molecule has 5 heteroatoms. The molecule has 1 aliphatic carbocycles. The van der Waals surface area contributed by atoms with Crippen LogP contribution >= 0.6 is 0 Å². The van der Waals surface area contributed by atoms with E-state index in [0.717, 1.165) is 17.6 Å². The van der Waals surface area contributed by atoms with E-state index >= 15 is 0 Å². The molecular formula is C20H30O5. The van der Waals surface area contributed by atoms with Crippen LogP contribution in [0.15, 0.2) is 23.3 Å². The Morgan fingerprint density at radius 3 is 2.72 bits per heavy atom. The minimum atomic E-state index is -0.507. The number of aliphatic hydroxyl groups excluding tert-OH is 1. The standard InChI is InChI=1S/C20H30O5/c1-6-11(2)19(22)25-18-16(12(3)8-7-9-21)13(4)10-15-17(18)14(5)20(23)24-15/h11-12,15,17-18,21H,5-10H2,1-4H3/t11?,12-,15+,17+,18-/m0/s1. The summed E-state index contributed by atoms with van der Waals surface area (Å²) in [5.74, 6) is -0.986. The maximum Gasteiger partial charge on any atom is 0.334 e. The van der Waals surface area contributed by atoms with E-state index in [1.54, 1.807) is 0 Å². The highest BCUT2D eigenvalue weighted by atomic mass is 16.6. The van der Waals surface area contributed by atoms with E-state index in [0.29, 0.717) is 24.8 Å². The van der Waals surface area contributed by atoms with Gasteiger partial charge in [-0.05, 0) is 37.7 Å². The predicted octanol–water partition coefficient (Wildman–Crippen LogP) is 3.17. The highest BCUT2D eigenvalue weighted by molar-refractivity contribution is 5.91. The fraction of sp³-hybridized carbons (Fsp3) is 0.700. The first kappa shape index (κ1) is 19.7. The van der Waals surface area contributed by atoms with Crippen molar-refractivity contribution in [3.63, 3.8) is 0 Å². The Bertz CT molecular complexity index is 577. The molecule has 0 aromatic rings. The molecule has 5 atom stereocenters. The second-order valence-electron chi connectivity index (χ2n) is 7.37. The molecule has 0 radical (unpaired) electrons. The summed E-state index contributed by atoms with van der Waals surface area (Å²) in [5.41, 5.74) is 2.56. The number of hydrogen-bond acceptors (Lipinski definition) is 5. The van der Waals surface area contributed by atoms with E-state index in [4.69, 9.17) is 14.6 Å². The predicted molar refractivity (Wildman–Crippen MR) is 94.6 cm³/mol. The molecule has 1 N–H and O–H groups in total. The monoisotopic (exact) mass is 350 g/mol.